The fourth-order valence-corrected chi connectivity index (χ4v) is 2.84. The Morgan fingerprint density at radius 1 is 0.909 bits per heavy atom. The van der Waals surface area contributed by atoms with Crippen molar-refractivity contribution in [3.8, 4) is 0 Å². The highest BCUT2D eigenvalue weighted by Crippen LogP contribution is 2.40. The van der Waals surface area contributed by atoms with Gasteiger partial charge < -0.3 is 11.5 Å². The largest absolute Gasteiger partial charge is 0.328 e. The first kappa shape index (κ1) is 7.56. The monoisotopic (exact) mass is 154 g/mol. The van der Waals surface area contributed by atoms with Crippen LogP contribution in [-0.2, 0) is 0 Å². The number of fused-ring (bicyclic) bond motifs is 1. The van der Waals surface area contributed by atoms with E-state index >= 15 is 0 Å². The Hall–Kier alpha value is -0.0800. The van der Waals surface area contributed by atoms with E-state index < -0.39 is 0 Å². The topological polar surface area (TPSA) is 52.0 Å². The van der Waals surface area contributed by atoms with Gasteiger partial charge >= 0.3 is 0 Å². The van der Waals surface area contributed by atoms with E-state index in [0.29, 0.717) is 12.1 Å². The van der Waals surface area contributed by atoms with Crippen molar-refractivity contribution in [2.45, 2.75) is 44.2 Å². The first-order chi connectivity index (χ1) is 5.27. The molecule has 2 nitrogen and oxygen atoms in total. The maximum Gasteiger partial charge on any atom is 0.00699 e. The van der Waals surface area contributed by atoms with Gasteiger partial charge in [0.25, 0.3) is 0 Å². The molecule has 0 amide bonds. The number of hydrogen-bond acceptors (Lipinski definition) is 2. The normalized spacial score (nSPS) is 50.7. The van der Waals surface area contributed by atoms with Crippen LogP contribution in [0.15, 0.2) is 0 Å². The molecule has 0 bridgehead atoms. The third-order valence-corrected chi connectivity index (χ3v) is 3.50. The van der Waals surface area contributed by atoms with Crippen molar-refractivity contribution in [3.05, 3.63) is 0 Å². The lowest BCUT2D eigenvalue weighted by Gasteiger charge is -2.31. The van der Waals surface area contributed by atoms with Gasteiger partial charge in [-0.3, -0.25) is 0 Å². The van der Waals surface area contributed by atoms with Crippen LogP contribution in [0.4, 0.5) is 0 Å². The summed E-state index contributed by atoms with van der Waals surface area (Å²) in [5, 5.41) is 0. The van der Waals surface area contributed by atoms with Gasteiger partial charge in [0.1, 0.15) is 0 Å². The number of rotatable bonds is 0. The van der Waals surface area contributed by atoms with Crippen molar-refractivity contribution in [3.63, 3.8) is 0 Å². The molecule has 0 aromatic heterocycles. The van der Waals surface area contributed by atoms with Gasteiger partial charge in [0.05, 0.1) is 0 Å². The molecule has 0 aliphatic heterocycles. The molecular weight excluding hydrogens is 136 g/mol. The Morgan fingerprint density at radius 2 is 1.73 bits per heavy atom. The molecule has 0 heterocycles. The second-order valence-electron chi connectivity index (χ2n) is 4.24. The molecule has 2 fully saturated rings. The van der Waals surface area contributed by atoms with Gasteiger partial charge in [-0.05, 0) is 43.9 Å². The second kappa shape index (κ2) is 2.76. The van der Waals surface area contributed by atoms with Crippen LogP contribution in [0.1, 0.15) is 32.1 Å². The van der Waals surface area contributed by atoms with Crippen LogP contribution >= 0.6 is 0 Å². The molecule has 4 atom stereocenters. The summed E-state index contributed by atoms with van der Waals surface area (Å²) in [7, 11) is 0. The van der Waals surface area contributed by atoms with E-state index in [1.165, 1.54) is 32.1 Å². The lowest BCUT2D eigenvalue weighted by Crippen LogP contribution is -2.36. The van der Waals surface area contributed by atoms with Gasteiger partial charge in [-0.2, -0.15) is 0 Å². The van der Waals surface area contributed by atoms with E-state index in [4.69, 9.17) is 11.5 Å². The summed E-state index contributed by atoms with van der Waals surface area (Å²) >= 11 is 0. The molecule has 0 aromatic rings. The highest BCUT2D eigenvalue weighted by atomic mass is 14.7. The minimum Gasteiger partial charge on any atom is -0.328 e. The van der Waals surface area contributed by atoms with Gasteiger partial charge in [-0.1, -0.05) is 0 Å². The highest BCUT2D eigenvalue weighted by molar-refractivity contribution is 4.92. The molecule has 0 radical (unpaired) electrons. The van der Waals surface area contributed by atoms with Gasteiger partial charge in [0.15, 0.2) is 0 Å². The van der Waals surface area contributed by atoms with E-state index in [2.05, 4.69) is 0 Å². The molecule has 2 heteroatoms. The molecule has 2 rings (SSSR count). The predicted octanol–water partition coefficient (Wildman–Crippen LogP) is 0.851. The smallest absolute Gasteiger partial charge is 0.00699 e. The standard InChI is InChI=1S/C9H18N2/c10-7-2-3-8-6(5-7)1-4-9(8)11/h6-9H,1-5,10-11H2. The molecule has 0 saturated heterocycles. The lowest BCUT2D eigenvalue weighted by atomic mass is 9.78. The van der Waals surface area contributed by atoms with Crippen LogP contribution in [0, 0.1) is 11.8 Å². The van der Waals surface area contributed by atoms with Crippen molar-refractivity contribution in [1.29, 1.82) is 0 Å². The van der Waals surface area contributed by atoms with E-state index in [-0.39, 0.29) is 0 Å². The lowest BCUT2D eigenvalue weighted by molar-refractivity contribution is 0.237. The van der Waals surface area contributed by atoms with Crippen LogP contribution in [0.3, 0.4) is 0 Å². The predicted molar refractivity (Wildman–Crippen MR) is 46.0 cm³/mol. The molecule has 2 saturated carbocycles. The third-order valence-electron chi connectivity index (χ3n) is 3.50. The number of nitrogens with two attached hydrogens (primary N) is 2. The Balaban J connectivity index is 2.00. The SMILES string of the molecule is NC1CCC2C(N)CCC2C1. The van der Waals surface area contributed by atoms with Gasteiger partial charge in [-0.25, -0.2) is 0 Å². The molecule has 4 unspecified atom stereocenters. The summed E-state index contributed by atoms with van der Waals surface area (Å²) < 4.78 is 0. The number of hydrogen-bond donors (Lipinski definition) is 2. The first-order valence-corrected chi connectivity index (χ1v) is 4.78. The summed E-state index contributed by atoms with van der Waals surface area (Å²) in [5.74, 6) is 1.68. The van der Waals surface area contributed by atoms with Gasteiger partial charge in [0, 0.05) is 12.1 Å². The van der Waals surface area contributed by atoms with Crippen LogP contribution in [0.2, 0.25) is 0 Å². The van der Waals surface area contributed by atoms with Crippen molar-refractivity contribution in [1.82, 2.24) is 0 Å². The molecule has 0 aromatic carbocycles. The van der Waals surface area contributed by atoms with Gasteiger partial charge in [-0.15, -0.1) is 0 Å². The average molecular weight is 154 g/mol. The third kappa shape index (κ3) is 1.30. The Kier molecular flexibility index (Phi) is 1.90. The van der Waals surface area contributed by atoms with E-state index in [9.17, 15) is 0 Å². The van der Waals surface area contributed by atoms with Crippen molar-refractivity contribution < 1.29 is 0 Å². The maximum atomic E-state index is 5.99. The maximum absolute atomic E-state index is 5.99. The highest BCUT2D eigenvalue weighted by Gasteiger charge is 2.37. The Labute approximate surface area is 68.3 Å². The van der Waals surface area contributed by atoms with E-state index in [1.807, 2.05) is 0 Å². The fraction of sp³-hybridized carbons (Fsp3) is 1.00. The molecule has 4 N–H and O–H groups in total. The van der Waals surface area contributed by atoms with Gasteiger partial charge in [0.2, 0.25) is 0 Å². The fourth-order valence-electron chi connectivity index (χ4n) is 2.84. The summed E-state index contributed by atoms with van der Waals surface area (Å²) in [5.41, 5.74) is 11.9. The zero-order valence-corrected chi connectivity index (χ0v) is 7.00. The molecule has 11 heavy (non-hydrogen) atoms. The van der Waals surface area contributed by atoms with Crippen LogP contribution < -0.4 is 11.5 Å². The van der Waals surface area contributed by atoms with Crippen LogP contribution in [0.25, 0.3) is 0 Å². The zero-order chi connectivity index (χ0) is 7.84. The van der Waals surface area contributed by atoms with E-state index in [0.717, 1.165) is 11.8 Å². The Bertz CT molecular complexity index is 146. The molecular formula is C9H18N2. The summed E-state index contributed by atoms with van der Waals surface area (Å²) in [6.45, 7) is 0. The van der Waals surface area contributed by atoms with Crippen LogP contribution in [0.5, 0.6) is 0 Å². The van der Waals surface area contributed by atoms with Crippen LogP contribution in [-0.4, -0.2) is 12.1 Å². The minimum absolute atomic E-state index is 0.474. The summed E-state index contributed by atoms with van der Waals surface area (Å²) in [4.78, 5) is 0. The molecule has 2 aliphatic rings. The molecule has 0 spiro atoms. The van der Waals surface area contributed by atoms with Crippen molar-refractivity contribution in [2.24, 2.45) is 23.3 Å². The van der Waals surface area contributed by atoms with Crippen molar-refractivity contribution >= 4 is 0 Å². The first-order valence-electron chi connectivity index (χ1n) is 4.78. The minimum atomic E-state index is 0.474. The van der Waals surface area contributed by atoms with E-state index in [1.54, 1.807) is 0 Å². The summed E-state index contributed by atoms with van der Waals surface area (Å²) in [6, 6.07) is 0.967. The zero-order valence-electron chi connectivity index (χ0n) is 7.00. The van der Waals surface area contributed by atoms with Crippen molar-refractivity contribution in [2.75, 3.05) is 0 Å². The molecule has 64 valence electrons. The summed E-state index contributed by atoms with van der Waals surface area (Å²) in [6.07, 6.45) is 6.29. The Morgan fingerprint density at radius 3 is 2.55 bits per heavy atom. The average Bonchev–Trinajstić information content (AvgIpc) is 2.32. The molecule has 2 aliphatic carbocycles. The quantitative estimate of drug-likeness (QED) is 0.543. The second-order valence-corrected chi connectivity index (χ2v) is 4.24.